The summed E-state index contributed by atoms with van der Waals surface area (Å²) in [5.41, 5.74) is 3.15. The van der Waals surface area contributed by atoms with Gasteiger partial charge in [0, 0.05) is 6.54 Å². The van der Waals surface area contributed by atoms with Gasteiger partial charge in [0.05, 0.1) is 18.2 Å². The Morgan fingerprint density at radius 3 is 2.65 bits per heavy atom. The zero-order valence-corrected chi connectivity index (χ0v) is 14.9. The highest BCUT2D eigenvalue weighted by Gasteiger charge is 2.27. The van der Waals surface area contributed by atoms with Crippen molar-refractivity contribution in [3.05, 3.63) is 92.0 Å². The molecular formula is C20H19N3O2S. The summed E-state index contributed by atoms with van der Waals surface area (Å²) in [6.45, 7) is 1.14. The smallest absolute Gasteiger partial charge is 0.260 e. The summed E-state index contributed by atoms with van der Waals surface area (Å²) in [4.78, 5) is 15.4. The van der Waals surface area contributed by atoms with E-state index in [-0.39, 0.29) is 22.3 Å². The normalized spacial score (nSPS) is 16.2. The standard InChI is InChI=1S/C20H19N3O2S/c24-18-16(17-15-9-5-4-8-14(15)10-11-21-17)19(25)23(20(26)22-18)12-13-6-2-1-3-7-13/h1-9,17,21,25H,10-12H2,(H,22,24,26)/t17-/m0/s1. The van der Waals surface area contributed by atoms with Gasteiger partial charge in [-0.1, -0.05) is 54.6 Å². The Labute approximate surface area is 156 Å². The maximum absolute atomic E-state index is 12.6. The Bertz CT molecular complexity index is 1060. The molecule has 0 saturated heterocycles. The van der Waals surface area contributed by atoms with Gasteiger partial charge >= 0.3 is 0 Å². The highest BCUT2D eigenvalue weighted by Crippen LogP contribution is 2.31. The van der Waals surface area contributed by atoms with E-state index in [0.717, 1.165) is 24.1 Å². The molecule has 1 aliphatic heterocycles. The Balaban J connectivity index is 1.85. The molecular weight excluding hydrogens is 346 g/mol. The molecule has 4 rings (SSSR count). The van der Waals surface area contributed by atoms with Crippen LogP contribution in [0, 0.1) is 4.77 Å². The summed E-state index contributed by atoms with van der Waals surface area (Å²) < 4.78 is 1.78. The van der Waals surface area contributed by atoms with Crippen LogP contribution in [-0.4, -0.2) is 21.2 Å². The third-order valence-electron chi connectivity index (χ3n) is 4.79. The molecule has 0 aliphatic carbocycles. The molecule has 3 N–H and O–H groups in total. The summed E-state index contributed by atoms with van der Waals surface area (Å²) in [5, 5.41) is 14.3. The van der Waals surface area contributed by atoms with Crippen molar-refractivity contribution in [2.24, 2.45) is 0 Å². The number of aromatic nitrogens is 2. The zero-order valence-electron chi connectivity index (χ0n) is 14.1. The largest absolute Gasteiger partial charge is 0.494 e. The minimum Gasteiger partial charge on any atom is -0.494 e. The Hall–Kier alpha value is -2.70. The molecule has 2 aromatic carbocycles. The van der Waals surface area contributed by atoms with Crippen LogP contribution in [0.25, 0.3) is 0 Å². The van der Waals surface area contributed by atoms with E-state index in [4.69, 9.17) is 12.2 Å². The van der Waals surface area contributed by atoms with Crippen LogP contribution in [0.5, 0.6) is 5.88 Å². The quantitative estimate of drug-likeness (QED) is 0.624. The van der Waals surface area contributed by atoms with Crippen molar-refractivity contribution in [3.63, 3.8) is 0 Å². The third-order valence-corrected chi connectivity index (χ3v) is 5.11. The molecule has 0 amide bonds. The average Bonchev–Trinajstić information content (AvgIpc) is 2.66. The fourth-order valence-electron chi connectivity index (χ4n) is 3.51. The van der Waals surface area contributed by atoms with E-state index >= 15 is 0 Å². The number of benzene rings is 2. The molecule has 0 unspecified atom stereocenters. The van der Waals surface area contributed by atoms with Gasteiger partial charge < -0.3 is 10.4 Å². The van der Waals surface area contributed by atoms with Gasteiger partial charge in [-0.2, -0.15) is 0 Å². The van der Waals surface area contributed by atoms with Gasteiger partial charge in [-0.15, -0.1) is 0 Å². The Morgan fingerprint density at radius 2 is 1.85 bits per heavy atom. The van der Waals surface area contributed by atoms with Crippen molar-refractivity contribution in [1.29, 1.82) is 0 Å². The lowest BCUT2D eigenvalue weighted by molar-refractivity contribution is 0.394. The zero-order chi connectivity index (χ0) is 18.1. The Morgan fingerprint density at radius 1 is 1.12 bits per heavy atom. The highest BCUT2D eigenvalue weighted by atomic mass is 32.1. The van der Waals surface area contributed by atoms with E-state index < -0.39 is 0 Å². The van der Waals surface area contributed by atoms with Crippen molar-refractivity contribution < 1.29 is 5.11 Å². The topological polar surface area (TPSA) is 70.0 Å². The first-order chi connectivity index (χ1) is 12.6. The lowest BCUT2D eigenvalue weighted by atomic mass is 9.91. The second kappa shape index (κ2) is 6.90. The van der Waals surface area contributed by atoms with Crippen molar-refractivity contribution in [2.45, 2.75) is 19.0 Å². The van der Waals surface area contributed by atoms with Gasteiger partial charge in [0.25, 0.3) is 5.56 Å². The molecule has 1 aliphatic rings. The Kier molecular flexibility index (Phi) is 4.44. The van der Waals surface area contributed by atoms with Crippen molar-refractivity contribution >= 4 is 12.2 Å². The molecule has 5 nitrogen and oxygen atoms in total. The number of nitrogens with zero attached hydrogens (tertiary/aromatic N) is 1. The van der Waals surface area contributed by atoms with Crippen LogP contribution in [0.3, 0.4) is 0 Å². The van der Waals surface area contributed by atoms with Gasteiger partial charge in [-0.25, -0.2) is 0 Å². The number of nitrogens with one attached hydrogen (secondary N) is 2. The molecule has 3 aromatic rings. The fraction of sp³-hybridized carbons (Fsp3) is 0.200. The molecule has 0 spiro atoms. The summed E-state index contributed by atoms with van der Waals surface area (Å²) >= 11 is 5.29. The number of hydrogen-bond acceptors (Lipinski definition) is 4. The lowest BCUT2D eigenvalue weighted by Gasteiger charge is -2.27. The average molecular weight is 365 g/mol. The van der Waals surface area contributed by atoms with Crippen LogP contribution in [0.15, 0.2) is 59.4 Å². The van der Waals surface area contributed by atoms with E-state index in [1.807, 2.05) is 48.5 Å². The van der Waals surface area contributed by atoms with Gasteiger partial charge in [0.1, 0.15) is 0 Å². The van der Waals surface area contributed by atoms with Crippen molar-refractivity contribution in [2.75, 3.05) is 6.54 Å². The summed E-state index contributed by atoms with van der Waals surface area (Å²) in [6, 6.07) is 17.4. The number of H-pyrrole nitrogens is 1. The summed E-state index contributed by atoms with van der Waals surface area (Å²) in [5.74, 6) is -0.0863. The molecule has 0 bridgehead atoms. The molecule has 6 heteroatoms. The van der Waals surface area contributed by atoms with Gasteiger partial charge in [-0.3, -0.25) is 14.3 Å². The first-order valence-corrected chi connectivity index (χ1v) is 8.97. The number of fused-ring (bicyclic) bond motifs is 1. The van der Waals surface area contributed by atoms with Crippen LogP contribution in [-0.2, 0) is 13.0 Å². The predicted octanol–water partition coefficient (Wildman–Crippen LogP) is 2.89. The minimum absolute atomic E-state index is 0.0863. The number of aromatic hydroxyl groups is 1. The van der Waals surface area contributed by atoms with E-state index in [0.29, 0.717) is 12.1 Å². The second-order valence-electron chi connectivity index (χ2n) is 6.40. The molecule has 0 fully saturated rings. The van der Waals surface area contributed by atoms with Crippen LogP contribution >= 0.6 is 12.2 Å². The first kappa shape index (κ1) is 16.8. The molecule has 0 saturated carbocycles. The van der Waals surface area contributed by atoms with Crippen LogP contribution in [0.1, 0.15) is 28.3 Å². The van der Waals surface area contributed by atoms with E-state index in [9.17, 15) is 9.90 Å². The minimum atomic E-state index is -0.360. The monoisotopic (exact) mass is 365 g/mol. The lowest BCUT2D eigenvalue weighted by Crippen LogP contribution is -2.35. The second-order valence-corrected chi connectivity index (χ2v) is 6.79. The molecule has 132 valence electrons. The molecule has 26 heavy (non-hydrogen) atoms. The van der Waals surface area contributed by atoms with E-state index in [1.54, 1.807) is 4.57 Å². The highest BCUT2D eigenvalue weighted by molar-refractivity contribution is 7.71. The van der Waals surface area contributed by atoms with Gasteiger partial charge in [0.2, 0.25) is 5.88 Å². The van der Waals surface area contributed by atoms with Crippen LogP contribution < -0.4 is 10.9 Å². The number of aromatic amines is 1. The van der Waals surface area contributed by atoms with Crippen molar-refractivity contribution in [1.82, 2.24) is 14.9 Å². The maximum atomic E-state index is 12.6. The SMILES string of the molecule is O=c1[nH]c(=S)n(Cc2ccccc2)c(O)c1[C@H]1NCCc2ccccc21. The maximum Gasteiger partial charge on any atom is 0.260 e. The van der Waals surface area contributed by atoms with E-state index in [1.165, 1.54) is 5.56 Å². The third kappa shape index (κ3) is 2.98. The predicted molar refractivity (Wildman–Crippen MR) is 103 cm³/mol. The number of rotatable bonds is 3. The van der Waals surface area contributed by atoms with Crippen LogP contribution in [0.2, 0.25) is 0 Å². The van der Waals surface area contributed by atoms with Crippen LogP contribution in [0.4, 0.5) is 0 Å². The molecule has 1 atom stereocenters. The first-order valence-electron chi connectivity index (χ1n) is 8.56. The molecule has 0 radical (unpaired) electrons. The summed E-state index contributed by atoms with van der Waals surface area (Å²) in [6.07, 6.45) is 0.897. The number of hydrogen-bond donors (Lipinski definition) is 3. The summed E-state index contributed by atoms with van der Waals surface area (Å²) in [7, 11) is 0. The molecule has 1 aromatic heterocycles. The molecule has 2 heterocycles. The fourth-order valence-corrected chi connectivity index (χ4v) is 3.75. The van der Waals surface area contributed by atoms with Gasteiger partial charge in [-0.05, 0) is 35.3 Å². The van der Waals surface area contributed by atoms with E-state index in [2.05, 4.69) is 16.4 Å². The van der Waals surface area contributed by atoms with Crippen molar-refractivity contribution in [3.8, 4) is 5.88 Å². The van der Waals surface area contributed by atoms with Gasteiger partial charge in [0.15, 0.2) is 4.77 Å².